The van der Waals surface area contributed by atoms with E-state index in [0.29, 0.717) is 11.1 Å². The molecule has 1 aromatic rings. The van der Waals surface area contributed by atoms with E-state index in [1.807, 2.05) is 13.0 Å². The first-order chi connectivity index (χ1) is 6.16. The Balaban J connectivity index is 3.26. The average Bonchev–Trinajstić information content (AvgIpc) is 2.08. The van der Waals surface area contributed by atoms with Crippen molar-refractivity contribution in [1.29, 1.82) is 0 Å². The summed E-state index contributed by atoms with van der Waals surface area (Å²) in [5, 5.41) is 9.62. The van der Waals surface area contributed by atoms with Gasteiger partial charge in [-0.25, -0.2) is 0 Å². The highest BCUT2D eigenvalue weighted by molar-refractivity contribution is 5.97. The van der Waals surface area contributed by atoms with E-state index in [9.17, 15) is 9.90 Å². The van der Waals surface area contributed by atoms with E-state index in [-0.39, 0.29) is 11.5 Å². The molecule has 1 rings (SSSR count). The lowest BCUT2D eigenvalue weighted by molar-refractivity contribution is 0.101. The van der Waals surface area contributed by atoms with Crippen LogP contribution in [0.15, 0.2) is 24.3 Å². The molecule has 0 fully saturated rings. The second kappa shape index (κ2) is 3.90. The van der Waals surface area contributed by atoms with Crippen LogP contribution in [0.2, 0.25) is 0 Å². The van der Waals surface area contributed by atoms with Crippen LogP contribution in [0.3, 0.4) is 0 Å². The number of carbonyl (C=O) groups excluding carboxylic acids is 1. The molecule has 0 unspecified atom stereocenters. The zero-order valence-corrected chi connectivity index (χ0v) is 7.74. The number of para-hydroxylation sites is 1. The monoisotopic (exact) mass is 176 g/mol. The second-order valence-corrected chi connectivity index (χ2v) is 2.80. The molecule has 0 aliphatic rings. The summed E-state index contributed by atoms with van der Waals surface area (Å²) in [6, 6.07) is 5.14. The second-order valence-electron chi connectivity index (χ2n) is 2.80. The number of allylic oxidation sites excluding steroid dienone is 1. The Labute approximate surface area is 77.5 Å². The molecular formula is C11H12O2. The lowest BCUT2D eigenvalue weighted by atomic mass is 10.1. The summed E-state index contributed by atoms with van der Waals surface area (Å²) in [5.41, 5.74) is 1.05. The first kappa shape index (κ1) is 9.52. The first-order valence-electron chi connectivity index (χ1n) is 4.12. The minimum absolute atomic E-state index is 0.0631. The number of hydrogen-bond donors (Lipinski definition) is 1. The molecule has 0 atom stereocenters. The Morgan fingerprint density at radius 2 is 2.15 bits per heavy atom. The summed E-state index contributed by atoms with van der Waals surface area (Å²) in [4.78, 5) is 11.0. The van der Waals surface area contributed by atoms with Gasteiger partial charge in [0, 0.05) is 5.56 Å². The van der Waals surface area contributed by atoms with Gasteiger partial charge < -0.3 is 5.11 Å². The zero-order chi connectivity index (χ0) is 9.84. The van der Waals surface area contributed by atoms with Crippen molar-refractivity contribution in [3.8, 4) is 5.75 Å². The van der Waals surface area contributed by atoms with Crippen LogP contribution >= 0.6 is 0 Å². The summed E-state index contributed by atoms with van der Waals surface area (Å²) in [5.74, 6) is -0.0584. The molecule has 0 radical (unpaired) electrons. The van der Waals surface area contributed by atoms with E-state index in [2.05, 4.69) is 0 Å². The molecule has 2 heteroatoms. The standard InChI is InChI=1S/C11H12O2/c1-3-5-9-6-4-7-10(8(2)12)11(9)13/h3-7,13H,1-2H3/b5-3-. The van der Waals surface area contributed by atoms with Crippen LogP contribution in [0.5, 0.6) is 5.75 Å². The van der Waals surface area contributed by atoms with Crippen molar-refractivity contribution in [2.75, 3.05) is 0 Å². The topological polar surface area (TPSA) is 37.3 Å². The minimum atomic E-state index is -0.121. The van der Waals surface area contributed by atoms with Gasteiger partial charge in [0.1, 0.15) is 5.75 Å². The van der Waals surface area contributed by atoms with Gasteiger partial charge in [-0.3, -0.25) is 4.79 Å². The highest BCUT2D eigenvalue weighted by Gasteiger charge is 2.07. The maximum Gasteiger partial charge on any atom is 0.163 e. The van der Waals surface area contributed by atoms with Crippen LogP contribution in [-0.4, -0.2) is 10.9 Å². The molecule has 0 amide bonds. The number of Topliss-reactive ketones (excluding diaryl/α,β-unsaturated/α-hetero) is 1. The molecule has 0 saturated carbocycles. The van der Waals surface area contributed by atoms with E-state index < -0.39 is 0 Å². The molecule has 2 nitrogen and oxygen atoms in total. The first-order valence-corrected chi connectivity index (χ1v) is 4.12. The van der Waals surface area contributed by atoms with Crippen LogP contribution in [-0.2, 0) is 0 Å². The largest absolute Gasteiger partial charge is 0.507 e. The van der Waals surface area contributed by atoms with Gasteiger partial charge in [0.25, 0.3) is 0 Å². The molecule has 0 aliphatic heterocycles. The molecule has 0 aliphatic carbocycles. The summed E-state index contributed by atoms with van der Waals surface area (Å²) in [6.07, 6.45) is 3.58. The number of rotatable bonds is 2. The molecular weight excluding hydrogens is 164 g/mol. The summed E-state index contributed by atoms with van der Waals surface area (Å²) < 4.78 is 0. The van der Waals surface area contributed by atoms with Gasteiger partial charge in [-0.15, -0.1) is 0 Å². The van der Waals surface area contributed by atoms with E-state index >= 15 is 0 Å². The van der Waals surface area contributed by atoms with Gasteiger partial charge in [-0.05, 0) is 19.9 Å². The number of carbonyl (C=O) groups is 1. The Morgan fingerprint density at radius 1 is 1.46 bits per heavy atom. The van der Waals surface area contributed by atoms with Crippen molar-refractivity contribution >= 4 is 11.9 Å². The van der Waals surface area contributed by atoms with Crippen molar-refractivity contribution < 1.29 is 9.90 Å². The summed E-state index contributed by atoms with van der Waals surface area (Å²) in [7, 11) is 0. The molecule has 1 N–H and O–H groups in total. The molecule has 1 aromatic carbocycles. The Kier molecular flexibility index (Phi) is 2.85. The molecule has 0 heterocycles. The summed E-state index contributed by atoms with van der Waals surface area (Å²) in [6.45, 7) is 3.30. The van der Waals surface area contributed by atoms with Gasteiger partial charge in [-0.1, -0.05) is 24.3 Å². The van der Waals surface area contributed by atoms with Crippen molar-refractivity contribution in [3.05, 3.63) is 35.4 Å². The minimum Gasteiger partial charge on any atom is -0.507 e. The number of hydrogen-bond acceptors (Lipinski definition) is 2. The van der Waals surface area contributed by atoms with E-state index in [1.165, 1.54) is 6.92 Å². The Bertz CT molecular complexity index is 351. The maximum absolute atomic E-state index is 11.0. The lowest BCUT2D eigenvalue weighted by Crippen LogP contribution is -1.93. The lowest BCUT2D eigenvalue weighted by Gasteiger charge is -2.03. The van der Waals surface area contributed by atoms with E-state index in [0.717, 1.165) is 0 Å². The fourth-order valence-corrected chi connectivity index (χ4v) is 1.16. The van der Waals surface area contributed by atoms with Gasteiger partial charge in [-0.2, -0.15) is 0 Å². The normalized spacial score (nSPS) is 10.6. The third kappa shape index (κ3) is 1.96. The number of phenols is 1. The highest BCUT2D eigenvalue weighted by atomic mass is 16.3. The number of phenolic OH excluding ortho intramolecular Hbond substituents is 1. The van der Waals surface area contributed by atoms with Crippen LogP contribution in [0, 0.1) is 0 Å². The van der Waals surface area contributed by atoms with Crippen LogP contribution in [0.25, 0.3) is 6.08 Å². The van der Waals surface area contributed by atoms with Gasteiger partial charge in [0.2, 0.25) is 0 Å². The SMILES string of the molecule is C/C=C\c1cccc(C(C)=O)c1O. The number of benzene rings is 1. The van der Waals surface area contributed by atoms with Gasteiger partial charge in [0.15, 0.2) is 5.78 Å². The zero-order valence-electron chi connectivity index (χ0n) is 7.74. The molecule has 68 valence electrons. The third-order valence-electron chi connectivity index (χ3n) is 1.79. The van der Waals surface area contributed by atoms with Crippen molar-refractivity contribution in [2.45, 2.75) is 13.8 Å². The number of ketones is 1. The van der Waals surface area contributed by atoms with Gasteiger partial charge in [0.05, 0.1) is 5.56 Å². The van der Waals surface area contributed by atoms with Crippen molar-refractivity contribution in [1.82, 2.24) is 0 Å². The molecule has 0 spiro atoms. The van der Waals surface area contributed by atoms with Gasteiger partial charge >= 0.3 is 0 Å². The predicted octanol–water partition coefficient (Wildman–Crippen LogP) is 2.63. The van der Waals surface area contributed by atoms with Crippen LogP contribution in [0.4, 0.5) is 0 Å². The van der Waals surface area contributed by atoms with E-state index in [1.54, 1.807) is 24.3 Å². The molecule has 0 aromatic heterocycles. The Hall–Kier alpha value is -1.57. The van der Waals surface area contributed by atoms with Crippen molar-refractivity contribution in [3.63, 3.8) is 0 Å². The quantitative estimate of drug-likeness (QED) is 0.703. The Morgan fingerprint density at radius 3 is 2.69 bits per heavy atom. The fraction of sp³-hybridized carbons (Fsp3) is 0.182. The molecule has 0 bridgehead atoms. The van der Waals surface area contributed by atoms with Crippen LogP contribution in [0.1, 0.15) is 29.8 Å². The highest BCUT2D eigenvalue weighted by Crippen LogP contribution is 2.23. The smallest absolute Gasteiger partial charge is 0.163 e. The molecule has 0 saturated heterocycles. The van der Waals surface area contributed by atoms with Crippen LogP contribution < -0.4 is 0 Å². The fourth-order valence-electron chi connectivity index (χ4n) is 1.16. The average molecular weight is 176 g/mol. The summed E-state index contributed by atoms with van der Waals surface area (Å²) >= 11 is 0. The maximum atomic E-state index is 11.0. The number of aromatic hydroxyl groups is 1. The predicted molar refractivity (Wildman–Crippen MR) is 52.8 cm³/mol. The van der Waals surface area contributed by atoms with E-state index in [4.69, 9.17) is 0 Å². The van der Waals surface area contributed by atoms with Crippen molar-refractivity contribution in [2.24, 2.45) is 0 Å². The molecule has 13 heavy (non-hydrogen) atoms. The third-order valence-corrected chi connectivity index (χ3v) is 1.79.